The monoisotopic (exact) mass is 364 g/mol. The molecule has 1 aromatic carbocycles. The Bertz CT molecular complexity index is 698. The second-order valence-electron chi connectivity index (χ2n) is 6.63. The van der Waals surface area contributed by atoms with Gasteiger partial charge in [-0.3, -0.25) is 0 Å². The van der Waals surface area contributed by atoms with Gasteiger partial charge in [-0.1, -0.05) is 53.7 Å². The van der Waals surface area contributed by atoms with Gasteiger partial charge in [-0.25, -0.2) is 0 Å². The molecule has 0 spiro atoms. The third-order valence-electron chi connectivity index (χ3n) is 4.80. The van der Waals surface area contributed by atoms with E-state index in [2.05, 4.69) is 5.16 Å². The molecular weight excluding hydrogens is 345 g/mol. The molecule has 0 saturated heterocycles. The van der Waals surface area contributed by atoms with Crippen LogP contribution in [0, 0.1) is 6.10 Å². The van der Waals surface area contributed by atoms with Gasteiger partial charge in [0.1, 0.15) is 11.5 Å². The van der Waals surface area contributed by atoms with E-state index in [1.807, 2.05) is 18.2 Å². The van der Waals surface area contributed by atoms with Crippen molar-refractivity contribution in [3.63, 3.8) is 0 Å². The standard InChI is InChI=1S/C19H20Cl2NO2/c20-15-7-4-8-16(21)17(15)18-14(19(24-22-18)12-9-10-12)11-23-13-5-2-1-3-6-13/h4,7-8,12H,1-3,5-6,9-11H2. The van der Waals surface area contributed by atoms with Crippen LogP contribution in [0.5, 0.6) is 0 Å². The first-order valence-electron chi connectivity index (χ1n) is 8.64. The molecule has 4 rings (SSSR count). The molecule has 0 amide bonds. The quantitative estimate of drug-likeness (QED) is 0.604. The second kappa shape index (κ2) is 7.07. The van der Waals surface area contributed by atoms with Gasteiger partial charge in [-0.15, -0.1) is 0 Å². The van der Waals surface area contributed by atoms with E-state index in [1.54, 1.807) is 0 Å². The van der Waals surface area contributed by atoms with Crippen LogP contribution in [0.25, 0.3) is 11.3 Å². The SMILES string of the molecule is Clc1cccc(Cl)c1-c1noc(C2CC2)c1CO[C]1CCCCC1. The summed E-state index contributed by atoms with van der Waals surface area (Å²) in [5.74, 6) is 1.40. The molecule has 3 nitrogen and oxygen atoms in total. The van der Waals surface area contributed by atoms with E-state index in [4.69, 9.17) is 32.5 Å². The molecule has 24 heavy (non-hydrogen) atoms. The highest BCUT2D eigenvalue weighted by Gasteiger charge is 2.33. The fourth-order valence-electron chi connectivity index (χ4n) is 3.31. The molecule has 0 unspecified atom stereocenters. The number of halogens is 2. The molecule has 127 valence electrons. The summed E-state index contributed by atoms with van der Waals surface area (Å²) in [4.78, 5) is 0. The molecule has 0 aliphatic heterocycles. The molecule has 2 saturated carbocycles. The van der Waals surface area contributed by atoms with Gasteiger partial charge < -0.3 is 9.26 Å². The van der Waals surface area contributed by atoms with E-state index in [9.17, 15) is 0 Å². The van der Waals surface area contributed by atoms with Crippen LogP contribution >= 0.6 is 23.2 Å². The van der Waals surface area contributed by atoms with Crippen LogP contribution in [0.4, 0.5) is 0 Å². The van der Waals surface area contributed by atoms with Crippen molar-refractivity contribution in [2.75, 3.05) is 0 Å². The van der Waals surface area contributed by atoms with Crippen LogP contribution in [-0.4, -0.2) is 5.16 Å². The van der Waals surface area contributed by atoms with Crippen LogP contribution in [0.3, 0.4) is 0 Å². The van der Waals surface area contributed by atoms with Gasteiger partial charge in [0.2, 0.25) is 0 Å². The van der Waals surface area contributed by atoms with Crippen molar-refractivity contribution >= 4 is 23.2 Å². The van der Waals surface area contributed by atoms with Crippen molar-refractivity contribution in [3.8, 4) is 11.3 Å². The van der Waals surface area contributed by atoms with Gasteiger partial charge in [0.05, 0.1) is 22.8 Å². The fraction of sp³-hybridized carbons (Fsp3) is 0.474. The third-order valence-corrected chi connectivity index (χ3v) is 5.43. The van der Waals surface area contributed by atoms with Crippen LogP contribution in [0.15, 0.2) is 22.7 Å². The van der Waals surface area contributed by atoms with E-state index < -0.39 is 0 Å². The second-order valence-corrected chi connectivity index (χ2v) is 7.45. The number of rotatable bonds is 5. The number of benzene rings is 1. The Hall–Kier alpha value is -1.03. The Morgan fingerprint density at radius 2 is 1.79 bits per heavy atom. The normalized spacial score (nSPS) is 18.9. The van der Waals surface area contributed by atoms with E-state index in [0.29, 0.717) is 22.6 Å². The van der Waals surface area contributed by atoms with Crippen molar-refractivity contribution in [1.82, 2.24) is 5.16 Å². The third kappa shape index (κ3) is 3.35. The van der Waals surface area contributed by atoms with E-state index in [-0.39, 0.29) is 0 Å². The molecule has 2 aromatic rings. The maximum Gasteiger partial charge on any atom is 0.145 e. The zero-order valence-electron chi connectivity index (χ0n) is 13.5. The Morgan fingerprint density at radius 3 is 2.46 bits per heavy atom. The average Bonchev–Trinajstić information content (AvgIpc) is 3.35. The molecule has 0 N–H and O–H groups in total. The van der Waals surface area contributed by atoms with Crippen molar-refractivity contribution in [2.45, 2.75) is 57.5 Å². The summed E-state index contributed by atoms with van der Waals surface area (Å²) in [6.45, 7) is 0.488. The van der Waals surface area contributed by atoms with Gasteiger partial charge in [0, 0.05) is 17.0 Å². The van der Waals surface area contributed by atoms with Gasteiger partial charge in [0.25, 0.3) is 0 Å². The zero-order chi connectivity index (χ0) is 16.5. The van der Waals surface area contributed by atoms with Crippen molar-refractivity contribution in [2.24, 2.45) is 0 Å². The molecule has 0 bridgehead atoms. The topological polar surface area (TPSA) is 35.3 Å². The molecule has 2 aliphatic carbocycles. The summed E-state index contributed by atoms with van der Waals surface area (Å²) >= 11 is 12.8. The smallest absolute Gasteiger partial charge is 0.145 e. The summed E-state index contributed by atoms with van der Waals surface area (Å²) in [5, 5.41) is 5.48. The molecule has 5 heteroatoms. The van der Waals surface area contributed by atoms with Crippen molar-refractivity contribution < 1.29 is 9.26 Å². The highest BCUT2D eigenvalue weighted by Crippen LogP contribution is 2.46. The predicted molar refractivity (Wildman–Crippen MR) is 95.1 cm³/mol. The zero-order valence-corrected chi connectivity index (χ0v) is 15.0. The maximum absolute atomic E-state index is 6.38. The lowest BCUT2D eigenvalue weighted by Crippen LogP contribution is -2.09. The summed E-state index contributed by atoms with van der Waals surface area (Å²) in [6, 6.07) is 5.49. The lowest BCUT2D eigenvalue weighted by atomic mass is 9.97. The number of hydrogen-bond acceptors (Lipinski definition) is 3. The summed E-state index contributed by atoms with van der Waals surface area (Å²) < 4.78 is 11.8. The summed E-state index contributed by atoms with van der Waals surface area (Å²) in [6.07, 6.45) is 9.35. The minimum Gasteiger partial charge on any atom is -0.367 e. The number of hydrogen-bond donors (Lipinski definition) is 0. The highest BCUT2D eigenvalue weighted by atomic mass is 35.5. The lowest BCUT2D eigenvalue weighted by Gasteiger charge is -2.21. The van der Waals surface area contributed by atoms with Gasteiger partial charge in [-0.05, 0) is 37.8 Å². The molecule has 1 heterocycles. The Kier molecular flexibility index (Phi) is 4.84. The molecule has 1 aromatic heterocycles. The van der Waals surface area contributed by atoms with Crippen LogP contribution in [0.2, 0.25) is 10.0 Å². The number of ether oxygens (including phenoxy) is 1. The fourth-order valence-corrected chi connectivity index (χ4v) is 3.89. The molecule has 1 radical (unpaired) electrons. The predicted octanol–water partition coefficient (Wildman–Crippen LogP) is 6.54. The van der Waals surface area contributed by atoms with Crippen LogP contribution in [0.1, 0.15) is 62.2 Å². The van der Waals surface area contributed by atoms with E-state index >= 15 is 0 Å². The molecular formula is C19H20Cl2NO2. The van der Waals surface area contributed by atoms with Crippen molar-refractivity contribution in [1.29, 1.82) is 0 Å². The van der Waals surface area contributed by atoms with Gasteiger partial charge in [-0.2, -0.15) is 0 Å². The molecule has 0 atom stereocenters. The minimum atomic E-state index is 0.461. The van der Waals surface area contributed by atoms with E-state index in [1.165, 1.54) is 25.4 Å². The maximum atomic E-state index is 6.38. The summed E-state index contributed by atoms with van der Waals surface area (Å²) in [7, 11) is 0. The average molecular weight is 365 g/mol. The Balaban J connectivity index is 1.64. The first-order chi connectivity index (χ1) is 11.7. The highest BCUT2D eigenvalue weighted by molar-refractivity contribution is 6.39. The van der Waals surface area contributed by atoms with Gasteiger partial charge >= 0.3 is 0 Å². The van der Waals surface area contributed by atoms with Gasteiger partial charge in [0.15, 0.2) is 0 Å². The molecule has 2 aliphatic rings. The van der Waals surface area contributed by atoms with Crippen molar-refractivity contribution in [3.05, 3.63) is 45.7 Å². The number of nitrogens with zero attached hydrogens (tertiary/aromatic N) is 1. The van der Waals surface area contributed by atoms with Crippen LogP contribution < -0.4 is 0 Å². The number of aromatic nitrogens is 1. The summed E-state index contributed by atoms with van der Waals surface area (Å²) in [5.41, 5.74) is 2.47. The molecule has 2 fully saturated rings. The first-order valence-corrected chi connectivity index (χ1v) is 9.40. The van der Waals surface area contributed by atoms with Crippen LogP contribution in [-0.2, 0) is 11.3 Å². The minimum absolute atomic E-state index is 0.461. The first kappa shape index (κ1) is 16.4. The lowest BCUT2D eigenvalue weighted by molar-refractivity contribution is 0.100. The largest absolute Gasteiger partial charge is 0.367 e. The Morgan fingerprint density at radius 1 is 1.08 bits per heavy atom. The van der Waals surface area contributed by atoms with E-state index in [0.717, 1.165) is 48.3 Å². The Labute approximate surface area is 152 Å².